The fourth-order valence-corrected chi connectivity index (χ4v) is 5.90. The first-order valence-corrected chi connectivity index (χ1v) is 21.0. The summed E-state index contributed by atoms with van der Waals surface area (Å²) in [7, 11) is -4.42. The Morgan fingerprint density at radius 2 is 1.18 bits per heavy atom. The molecule has 0 aromatic carbocycles. The van der Waals surface area contributed by atoms with Crippen molar-refractivity contribution in [3.05, 3.63) is 60.8 Å². The second-order valence-electron chi connectivity index (χ2n) is 12.9. The maximum atomic E-state index is 12.7. The van der Waals surface area contributed by atoms with Crippen molar-refractivity contribution in [2.24, 2.45) is 5.73 Å². The molecular weight excluding hydrogens is 651 g/mol. The summed E-state index contributed by atoms with van der Waals surface area (Å²) in [6.45, 7) is 3.84. The molecule has 0 spiro atoms. The zero-order chi connectivity index (χ0) is 37.0. The molecule has 0 aliphatic rings. The highest BCUT2D eigenvalue weighted by molar-refractivity contribution is 7.47. The normalized spacial score (nSPS) is 15.6. The van der Waals surface area contributed by atoms with Crippen LogP contribution < -0.4 is 11.1 Å². The van der Waals surface area contributed by atoms with E-state index in [1.165, 1.54) is 89.5 Å². The number of allylic oxidation sites excluding steroid dienone is 8. The van der Waals surface area contributed by atoms with Crippen LogP contribution in [-0.4, -0.2) is 59.0 Å². The predicted molar refractivity (Wildman–Crippen MR) is 209 cm³/mol. The van der Waals surface area contributed by atoms with E-state index in [0.717, 1.165) is 32.1 Å². The van der Waals surface area contributed by atoms with Crippen molar-refractivity contribution >= 4 is 13.7 Å². The van der Waals surface area contributed by atoms with Gasteiger partial charge >= 0.3 is 7.82 Å². The summed E-state index contributed by atoms with van der Waals surface area (Å²) in [6, 6.07) is -1.04. The van der Waals surface area contributed by atoms with Gasteiger partial charge in [-0.3, -0.25) is 13.8 Å². The maximum absolute atomic E-state index is 12.7. The fraction of sp³-hybridized carbons (Fsp3) is 0.725. The highest BCUT2D eigenvalue weighted by Gasteiger charge is 2.27. The quantitative estimate of drug-likeness (QED) is 0.0247. The Kier molecular flexibility index (Phi) is 34.2. The van der Waals surface area contributed by atoms with Crippen LogP contribution in [0.4, 0.5) is 0 Å². The lowest BCUT2D eigenvalue weighted by molar-refractivity contribution is -0.124. The molecule has 0 bridgehead atoms. The molecule has 0 fully saturated rings. The summed E-state index contributed by atoms with van der Waals surface area (Å²) in [5.41, 5.74) is 5.34. The molecule has 0 rings (SSSR count). The van der Waals surface area contributed by atoms with Gasteiger partial charge in [-0.1, -0.05) is 145 Å². The number of phosphoric acid groups is 1. The highest BCUT2D eigenvalue weighted by Crippen LogP contribution is 2.43. The Bertz CT molecular complexity index is 983. The molecule has 0 aromatic heterocycles. The number of hydrogen-bond acceptors (Lipinski definition) is 7. The number of rotatable bonds is 35. The lowest BCUT2D eigenvalue weighted by Crippen LogP contribution is -2.46. The summed E-state index contributed by atoms with van der Waals surface area (Å²) in [6.07, 6.45) is 40.5. The van der Waals surface area contributed by atoms with Crippen LogP contribution in [0.1, 0.15) is 149 Å². The molecule has 0 saturated heterocycles. The van der Waals surface area contributed by atoms with Gasteiger partial charge in [0.05, 0.1) is 37.9 Å². The second-order valence-corrected chi connectivity index (χ2v) is 14.4. The Balaban J connectivity index is 4.61. The molecular formula is C40H73N2O7P. The zero-order valence-corrected chi connectivity index (χ0v) is 32.4. The number of phosphoric ester groups is 1. The van der Waals surface area contributed by atoms with Gasteiger partial charge in [0.1, 0.15) is 0 Å². The van der Waals surface area contributed by atoms with Crippen molar-refractivity contribution in [3.63, 3.8) is 0 Å². The molecule has 1 amide bonds. The SMILES string of the molecule is CCCCCCCC/C=C\C/C=C\C(O)CC(=O)NC(COP(=O)(O)OCCN)C(O)/C=C/CC/C=C/CC/C=C/CCCCCCCCC. The number of aliphatic hydroxyl groups excluding tert-OH is 2. The summed E-state index contributed by atoms with van der Waals surface area (Å²) in [5.74, 6) is -0.531. The highest BCUT2D eigenvalue weighted by atomic mass is 31.2. The summed E-state index contributed by atoms with van der Waals surface area (Å²) in [5, 5.41) is 23.7. The molecule has 9 nitrogen and oxygen atoms in total. The molecule has 4 unspecified atom stereocenters. The molecule has 0 radical (unpaired) electrons. The second kappa shape index (κ2) is 35.6. The number of nitrogens with one attached hydrogen (secondary N) is 1. The molecule has 0 aromatic rings. The van der Waals surface area contributed by atoms with Crippen molar-refractivity contribution in [1.29, 1.82) is 0 Å². The van der Waals surface area contributed by atoms with Gasteiger partial charge in [0, 0.05) is 6.54 Å². The van der Waals surface area contributed by atoms with Gasteiger partial charge in [0.25, 0.3) is 0 Å². The van der Waals surface area contributed by atoms with Crippen LogP contribution in [0.15, 0.2) is 60.8 Å². The van der Waals surface area contributed by atoms with Gasteiger partial charge < -0.3 is 26.2 Å². The molecule has 290 valence electrons. The Labute approximate surface area is 305 Å². The number of carbonyl (C=O) groups excluding carboxylic acids is 1. The third-order valence-corrected chi connectivity index (χ3v) is 9.09. The summed E-state index contributed by atoms with van der Waals surface area (Å²) in [4.78, 5) is 22.6. The molecule has 0 aliphatic heterocycles. The zero-order valence-electron chi connectivity index (χ0n) is 31.5. The van der Waals surface area contributed by atoms with Gasteiger partial charge in [-0.25, -0.2) is 4.57 Å². The third kappa shape index (κ3) is 33.3. The van der Waals surface area contributed by atoms with Gasteiger partial charge in [-0.05, 0) is 57.8 Å². The number of carbonyl (C=O) groups is 1. The van der Waals surface area contributed by atoms with E-state index in [4.69, 9.17) is 14.8 Å². The lowest BCUT2D eigenvalue weighted by Gasteiger charge is -2.23. The van der Waals surface area contributed by atoms with Gasteiger partial charge in [-0.15, -0.1) is 0 Å². The molecule has 0 heterocycles. The van der Waals surface area contributed by atoms with E-state index in [1.54, 1.807) is 12.2 Å². The summed E-state index contributed by atoms with van der Waals surface area (Å²) < 4.78 is 21.9. The monoisotopic (exact) mass is 725 g/mol. The van der Waals surface area contributed by atoms with Crippen molar-refractivity contribution in [2.75, 3.05) is 19.8 Å². The van der Waals surface area contributed by atoms with Crippen molar-refractivity contribution in [1.82, 2.24) is 5.32 Å². The number of unbranched alkanes of at least 4 members (excludes halogenated alkanes) is 15. The van der Waals surface area contributed by atoms with Gasteiger partial charge in [-0.2, -0.15) is 0 Å². The minimum absolute atomic E-state index is 0.0320. The number of nitrogens with two attached hydrogens (primary N) is 1. The van der Waals surface area contributed by atoms with Crippen LogP contribution in [0.2, 0.25) is 0 Å². The molecule has 6 N–H and O–H groups in total. The summed E-state index contributed by atoms with van der Waals surface area (Å²) >= 11 is 0. The standard InChI is InChI=1S/C40H73N2O7P/c1-3-5-7-9-11-13-15-16-17-18-19-20-22-24-26-28-30-32-39(44)38(36-49-50(46,47)48-34-33-41)42-40(45)35-37(43)31-29-27-25-23-21-14-12-10-8-6-4-2/h17-18,22-25,29-32,37-39,43-44H,3-16,19-21,26-28,33-36,41H2,1-2H3,(H,42,45)(H,46,47)/b18-17+,24-22+,25-23-,31-29-,32-30+. The van der Waals surface area contributed by atoms with Crippen LogP contribution in [0.3, 0.4) is 0 Å². The van der Waals surface area contributed by atoms with Gasteiger partial charge in [0.15, 0.2) is 0 Å². The minimum Gasteiger partial charge on any atom is -0.389 e. The number of hydrogen-bond donors (Lipinski definition) is 5. The first-order chi connectivity index (χ1) is 24.3. The third-order valence-electron chi connectivity index (χ3n) is 8.11. The first kappa shape index (κ1) is 48.2. The van der Waals surface area contributed by atoms with E-state index in [0.29, 0.717) is 12.8 Å². The molecule has 50 heavy (non-hydrogen) atoms. The van der Waals surface area contributed by atoms with Gasteiger partial charge in [0.2, 0.25) is 5.91 Å². The van der Waals surface area contributed by atoms with Crippen molar-refractivity contribution < 1.29 is 33.5 Å². The van der Waals surface area contributed by atoms with Crippen LogP contribution in [0, 0.1) is 0 Å². The van der Waals surface area contributed by atoms with E-state index in [9.17, 15) is 24.5 Å². The fourth-order valence-electron chi connectivity index (χ4n) is 5.15. The van der Waals surface area contributed by atoms with E-state index in [2.05, 4.69) is 55.6 Å². The van der Waals surface area contributed by atoms with E-state index < -0.39 is 38.6 Å². The number of aliphatic hydroxyl groups is 2. The molecule has 10 heteroatoms. The average molecular weight is 725 g/mol. The molecule has 0 saturated carbocycles. The van der Waals surface area contributed by atoms with Crippen LogP contribution in [0.25, 0.3) is 0 Å². The Hall–Kier alpha value is -1.84. The minimum atomic E-state index is -4.42. The average Bonchev–Trinajstić information content (AvgIpc) is 3.09. The van der Waals surface area contributed by atoms with E-state index in [1.807, 2.05) is 6.08 Å². The Morgan fingerprint density at radius 1 is 0.680 bits per heavy atom. The maximum Gasteiger partial charge on any atom is 0.472 e. The van der Waals surface area contributed by atoms with Crippen LogP contribution >= 0.6 is 7.82 Å². The largest absolute Gasteiger partial charge is 0.472 e. The smallest absolute Gasteiger partial charge is 0.389 e. The predicted octanol–water partition coefficient (Wildman–Crippen LogP) is 9.30. The van der Waals surface area contributed by atoms with Crippen LogP contribution in [0.5, 0.6) is 0 Å². The van der Waals surface area contributed by atoms with Crippen LogP contribution in [-0.2, 0) is 18.4 Å². The van der Waals surface area contributed by atoms with Crippen molar-refractivity contribution in [3.8, 4) is 0 Å². The lowest BCUT2D eigenvalue weighted by atomic mass is 10.1. The Morgan fingerprint density at radius 3 is 1.74 bits per heavy atom. The van der Waals surface area contributed by atoms with E-state index >= 15 is 0 Å². The number of amides is 1. The van der Waals surface area contributed by atoms with E-state index in [-0.39, 0.29) is 19.6 Å². The van der Waals surface area contributed by atoms with Crippen molar-refractivity contribution in [2.45, 2.75) is 167 Å². The first-order valence-electron chi connectivity index (χ1n) is 19.5. The molecule has 4 atom stereocenters. The topological polar surface area (TPSA) is 151 Å². The molecule has 0 aliphatic carbocycles.